The van der Waals surface area contributed by atoms with Crippen molar-refractivity contribution in [3.8, 4) is 0 Å². The van der Waals surface area contributed by atoms with Crippen LogP contribution in [0.25, 0.3) is 0 Å². The highest BCUT2D eigenvalue weighted by molar-refractivity contribution is 4.97. The molecule has 6 nitrogen and oxygen atoms in total. The summed E-state index contributed by atoms with van der Waals surface area (Å²) in [5.74, 6) is 1.74. The molecule has 0 aromatic carbocycles. The zero-order chi connectivity index (χ0) is 12.1. The molecule has 0 radical (unpaired) electrons. The summed E-state index contributed by atoms with van der Waals surface area (Å²) < 4.78 is 15.5. The molecular formula is C11H19N3O3. The number of ether oxygens (including phenoxy) is 2. The van der Waals surface area contributed by atoms with Crippen molar-refractivity contribution in [1.82, 2.24) is 10.1 Å². The van der Waals surface area contributed by atoms with Gasteiger partial charge < -0.3 is 19.7 Å². The summed E-state index contributed by atoms with van der Waals surface area (Å²) in [6.07, 6.45) is 2.48. The Morgan fingerprint density at radius 3 is 2.94 bits per heavy atom. The van der Waals surface area contributed by atoms with Gasteiger partial charge in [0, 0.05) is 38.7 Å². The predicted molar refractivity (Wildman–Crippen MR) is 60.6 cm³/mol. The van der Waals surface area contributed by atoms with Gasteiger partial charge in [-0.05, 0) is 12.8 Å². The maximum absolute atomic E-state index is 5.83. The van der Waals surface area contributed by atoms with Crippen LogP contribution in [0.1, 0.15) is 30.5 Å². The molecule has 1 aliphatic rings. The number of rotatable bonds is 5. The molecule has 2 N–H and O–H groups in total. The fourth-order valence-electron chi connectivity index (χ4n) is 1.97. The van der Waals surface area contributed by atoms with Crippen LogP contribution in [0.5, 0.6) is 0 Å². The van der Waals surface area contributed by atoms with Gasteiger partial charge in [0.25, 0.3) is 0 Å². The van der Waals surface area contributed by atoms with Crippen molar-refractivity contribution in [3.05, 3.63) is 11.7 Å². The van der Waals surface area contributed by atoms with Gasteiger partial charge in [0.1, 0.15) is 0 Å². The zero-order valence-corrected chi connectivity index (χ0v) is 10.1. The van der Waals surface area contributed by atoms with Gasteiger partial charge in [-0.1, -0.05) is 5.16 Å². The third-order valence-electron chi connectivity index (χ3n) is 2.89. The Balaban J connectivity index is 1.90. The maximum Gasteiger partial charge on any atom is 0.228 e. The Hall–Kier alpha value is -0.980. The Labute approximate surface area is 100 Å². The lowest BCUT2D eigenvalue weighted by molar-refractivity contribution is 0.0830. The first kappa shape index (κ1) is 12.5. The van der Waals surface area contributed by atoms with Gasteiger partial charge in [0.15, 0.2) is 5.82 Å². The smallest absolute Gasteiger partial charge is 0.228 e. The maximum atomic E-state index is 5.83. The molecule has 2 rings (SSSR count). The molecule has 1 atom stereocenters. The third kappa shape index (κ3) is 3.49. The molecule has 0 bridgehead atoms. The summed E-state index contributed by atoms with van der Waals surface area (Å²) in [7, 11) is 1.63. The van der Waals surface area contributed by atoms with E-state index in [-0.39, 0.29) is 6.04 Å². The Kier molecular flexibility index (Phi) is 4.47. The van der Waals surface area contributed by atoms with Crippen LogP contribution in [-0.2, 0) is 15.9 Å². The summed E-state index contributed by atoms with van der Waals surface area (Å²) in [5, 5.41) is 4.02. The molecule has 1 aliphatic heterocycles. The Morgan fingerprint density at radius 1 is 1.47 bits per heavy atom. The number of hydrogen-bond donors (Lipinski definition) is 1. The van der Waals surface area contributed by atoms with Gasteiger partial charge in [-0.2, -0.15) is 4.98 Å². The van der Waals surface area contributed by atoms with E-state index in [4.69, 9.17) is 19.7 Å². The number of nitrogens with zero attached hydrogens (tertiary/aromatic N) is 2. The van der Waals surface area contributed by atoms with Crippen LogP contribution >= 0.6 is 0 Å². The van der Waals surface area contributed by atoms with Crippen LogP contribution in [0.3, 0.4) is 0 Å². The van der Waals surface area contributed by atoms with E-state index in [9.17, 15) is 0 Å². The van der Waals surface area contributed by atoms with E-state index in [1.54, 1.807) is 7.11 Å². The monoisotopic (exact) mass is 241 g/mol. The number of nitrogens with two attached hydrogens (primary N) is 1. The summed E-state index contributed by atoms with van der Waals surface area (Å²) in [6, 6.07) is -0.0945. The molecule has 6 heteroatoms. The van der Waals surface area contributed by atoms with Crippen LogP contribution in [-0.4, -0.2) is 43.1 Å². The topological polar surface area (TPSA) is 83.4 Å². The van der Waals surface area contributed by atoms with Gasteiger partial charge >= 0.3 is 0 Å². The minimum absolute atomic E-state index is 0.0945. The molecule has 1 fully saturated rings. The second-order valence-corrected chi connectivity index (χ2v) is 4.35. The first-order valence-electron chi connectivity index (χ1n) is 5.94. The fraction of sp³-hybridized carbons (Fsp3) is 0.818. The highest BCUT2D eigenvalue weighted by Crippen LogP contribution is 2.24. The van der Waals surface area contributed by atoms with E-state index in [1.807, 2.05) is 0 Å². The summed E-state index contributed by atoms with van der Waals surface area (Å²) in [5.41, 5.74) is 5.83. The lowest BCUT2D eigenvalue weighted by Gasteiger charge is -2.18. The third-order valence-corrected chi connectivity index (χ3v) is 2.89. The first-order valence-corrected chi connectivity index (χ1v) is 5.94. The average Bonchev–Trinajstić information content (AvgIpc) is 2.79. The van der Waals surface area contributed by atoms with Crippen LogP contribution in [0.15, 0.2) is 4.52 Å². The normalized spacial score (nSPS) is 19.4. The standard InChI is InChI=1S/C11H19N3O3/c1-15-7-9(12)6-10-13-11(14-17-10)8-2-4-16-5-3-8/h8-9H,2-7,12H2,1H3. The summed E-state index contributed by atoms with van der Waals surface area (Å²) in [6.45, 7) is 2.05. The molecule has 1 aromatic heterocycles. The lowest BCUT2D eigenvalue weighted by atomic mass is 10.00. The largest absolute Gasteiger partial charge is 0.383 e. The summed E-state index contributed by atoms with van der Waals surface area (Å²) in [4.78, 5) is 4.39. The van der Waals surface area contributed by atoms with Gasteiger partial charge in [-0.25, -0.2) is 0 Å². The molecule has 0 spiro atoms. The van der Waals surface area contributed by atoms with Gasteiger partial charge in [0.05, 0.1) is 6.61 Å². The van der Waals surface area contributed by atoms with Crippen LogP contribution in [0.2, 0.25) is 0 Å². The molecule has 96 valence electrons. The highest BCUT2D eigenvalue weighted by Gasteiger charge is 2.21. The first-order chi connectivity index (χ1) is 8.29. The molecule has 1 aromatic rings. The zero-order valence-electron chi connectivity index (χ0n) is 10.1. The van der Waals surface area contributed by atoms with Crippen molar-refractivity contribution < 1.29 is 14.0 Å². The van der Waals surface area contributed by atoms with Crippen molar-refractivity contribution in [3.63, 3.8) is 0 Å². The van der Waals surface area contributed by atoms with Crippen LogP contribution in [0, 0.1) is 0 Å². The molecule has 0 amide bonds. The molecule has 1 saturated heterocycles. The second-order valence-electron chi connectivity index (χ2n) is 4.35. The van der Waals surface area contributed by atoms with Crippen molar-refractivity contribution in [2.75, 3.05) is 26.9 Å². The number of hydrogen-bond acceptors (Lipinski definition) is 6. The van der Waals surface area contributed by atoms with Crippen molar-refractivity contribution in [2.45, 2.75) is 31.2 Å². The molecule has 0 aliphatic carbocycles. The highest BCUT2D eigenvalue weighted by atomic mass is 16.5. The van der Waals surface area contributed by atoms with Crippen molar-refractivity contribution >= 4 is 0 Å². The van der Waals surface area contributed by atoms with E-state index >= 15 is 0 Å². The van der Waals surface area contributed by atoms with Crippen molar-refractivity contribution in [1.29, 1.82) is 0 Å². The quantitative estimate of drug-likeness (QED) is 0.807. The van der Waals surface area contributed by atoms with Crippen molar-refractivity contribution in [2.24, 2.45) is 5.73 Å². The van der Waals surface area contributed by atoms with E-state index in [1.165, 1.54) is 0 Å². The van der Waals surface area contributed by atoms with E-state index in [0.717, 1.165) is 31.9 Å². The SMILES string of the molecule is COCC(N)Cc1nc(C2CCOCC2)no1. The van der Waals surface area contributed by atoms with E-state index in [2.05, 4.69) is 10.1 Å². The lowest BCUT2D eigenvalue weighted by Crippen LogP contribution is -2.28. The van der Waals surface area contributed by atoms with Crippen LogP contribution < -0.4 is 5.73 Å². The van der Waals surface area contributed by atoms with E-state index in [0.29, 0.717) is 24.8 Å². The molecule has 0 saturated carbocycles. The molecule has 1 unspecified atom stereocenters. The van der Waals surface area contributed by atoms with Gasteiger partial charge in [0.2, 0.25) is 5.89 Å². The van der Waals surface area contributed by atoms with Gasteiger partial charge in [-0.3, -0.25) is 0 Å². The molecule has 2 heterocycles. The van der Waals surface area contributed by atoms with Crippen LogP contribution in [0.4, 0.5) is 0 Å². The minimum Gasteiger partial charge on any atom is -0.383 e. The minimum atomic E-state index is -0.0945. The molecule has 17 heavy (non-hydrogen) atoms. The second kappa shape index (κ2) is 6.09. The predicted octanol–water partition coefficient (Wildman–Crippen LogP) is 0.480. The number of methoxy groups -OCH3 is 1. The average molecular weight is 241 g/mol. The van der Waals surface area contributed by atoms with E-state index < -0.39 is 0 Å². The van der Waals surface area contributed by atoms with Gasteiger partial charge in [-0.15, -0.1) is 0 Å². The summed E-state index contributed by atoms with van der Waals surface area (Å²) >= 11 is 0. The number of aromatic nitrogens is 2. The Morgan fingerprint density at radius 2 is 2.24 bits per heavy atom. The Bertz CT molecular complexity index is 336. The fourth-order valence-corrected chi connectivity index (χ4v) is 1.97. The molecular weight excluding hydrogens is 222 g/mol.